The highest BCUT2D eigenvalue weighted by molar-refractivity contribution is 6.62. The maximum absolute atomic E-state index is 11.0. The molecule has 130 valence electrons. The molecule has 2 aliphatic heterocycles. The number of likely N-dealkylation sites (tertiary alicyclic amines) is 1. The number of ether oxygens (including phenoxy) is 1. The van der Waals surface area contributed by atoms with Gasteiger partial charge >= 0.3 is 13.2 Å². The summed E-state index contributed by atoms with van der Waals surface area (Å²) >= 11 is 0. The van der Waals surface area contributed by atoms with Crippen molar-refractivity contribution in [3.05, 3.63) is 24.3 Å². The Morgan fingerprint density at radius 2 is 2.00 bits per heavy atom. The Morgan fingerprint density at radius 3 is 2.54 bits per heavy atom. The minimum Gasteiger partial charge on any atom is -0.491 e. The van der Waals surface area contributed by atoms with Gasteiger partial charge in [-0.1, -0.05) is 12.1 Å². The molecule has 0 spiro atoms. The van der Waals surface area contributed by atoms with Crippen molar-refractivity contribution in [3.8, 4) is 5.75 Å². The minimum absolute atomic E-state index is 0.0667. The molecular weight excluding hydrogens is 309 g/mol. The second-order valence-corrected chi connectivity index (χ2v) is 7.39. The molecule has 1 atom stereocenters. The fraction of sp³-hybridized carbons (Fsp3) is 0.588. The molecule has 1 aromatic carbocycles. The van der Waals surface area contributed by atoms with Gasteiger partial charge in [-0.15, -0.1) is 0 Å². The Bertz CT molecular complexity index is 617. The molecule has 2 saturated heterocycles. The molecule has 1 aromatic rings. The molecule has 0 saturated carbocycles. The fourth-order valence-corrected chi connectivity index (χ4v) is 2.79. The Kier molecular flexibility index (Phi) is 4.26. The molecule has 1 N–H and O–H groups in total. The zero-order valence-electron chi connectivity index (χ0n) is 14.6. The van der Waals surface area contributed by atoms with Gasteiger partial charge in [-0.25, -0.2) is 4.79 Å². The van der Waals surface area contributed by atoms with Gasteiger partial charge in [-0.2, -0.15) is 0 Å². The van der Waals surface area contributed by atoms with E-state index in [0.29, 0.717) is 18.9 Å². The Balaban J connectivity index is 1.64. The zero-order chi connectivity index (χ0) is 17.5. The lowest BCUT2D eigenvalue weighted by Gasteiger charge is -2.38. The van der Waals surface area contributed by atoms with E-state index in [1.165, 1.54) is 4.90 Å². The van der Waals surface area contributed by atoms with Gasteiger partial charge in [0.25, 0.3) is 0 Å². The Morgan fingerprint density at radius 1 is 1.33 bits per heavy atom. The topological polar surface area (TPSA) is 68.2 Å². The van der Waals surface area contributed by atoms with Crippen molar-refractivity contribution in [1.29, 1.82) is 0 Å². The number of benzene rings is 1. The Labute approximate surface area is 142 Å². The van der Waals surface area contributed by atoms with Gasteiger partial charge in [-0.3, -0.25) is 0 Å². The SMILES string of the molecule is CC1(C)OB(c2cccc(OC[C@@H]3CCN3C(=O)O)c2)OC1(C)C. The molecule has 0 radical (unpaired) electrons. The van der Waals surface area contributed by atoms with Gasteiger partial charge in [0.1, 0.15) is 12.4 Å². The lowest BCUT2D eigenvalue weighted by Crippen LogP contribution is -2.53. The van der Waals surface area contributed by atoms with E-state index in [2.05, 4.69) is 0 Å². The van der Waals surface area contributed by atoms with Crippen LogP contribution in [0.2, 0.25) is 0 Å². The van der Waals surface area contributed by atoms with Crippen LogP contribution < -0.4 is 10.2 Å². The molecule has 3 rings (SSSR count). The van der Waals surface area contributed by atoms with E-state index in [0.717, 1.165) is 11.9 Å². The van der Waals surface area contributed by atoms with Crippen LogP contribution in [0.15, 0.2) is 24.3 Å². The van der Waals surface area contributed by atoms with Crippen LogP contribution >= 0.6 is 0 Å². The molecule has 0 bridgehead atoms. The van der Waals surface area contributed by atoms with Crippen molar-refractivity contribution in [2.24, 2.45) is 0 Å². The molecule has 6 nitrogen and oxygen atoms in total. The third-order valence-electron chi connectivity index (χ3n) is 5.22. The average molecular weight is 333 g/mol. The van der Waals surface area contributed by atoms with Crippen molar-refractivity contribution in [1.82, 2.24) is 4.90 Å². The summed E-state index contributed by atoms with van der Waals surface area (Å²) in [6.07, 6.45) is -0.0516. The highest BCUT2D eigenvalue weighted by Crippen LogP contribution is 2.36. The van der Waals surface area contributed by atoms with Crippen molar-refractivity contribution >= 4 is 18.7 Å². The summed E-state index contributed by atoms with van der Waals surface area (Å²) in [7, 11) is -0.433. The fourth-order valence-electron chi connectivity index (χ4n) is 2.79. The second kappa shape index (κ2) is 5.97. The lowest BCUT2D eigenvalue weighted by molar-refractivity contribution is 0.00578. The van der Waals surface area contributed by atoms with Gasteiger partial charge in [0.2, 0.25) is 0 Å². The quantitative estimate of drug-likeness (QED) is 0.855. The van der Waals surface area contributed by atoms with Crippen LogP contribution in [0.5, 0.6) is 5.75 Å². The predicted molar refractivity (Wildman–Crippen MR) is 90.8 cm³/mol. The van der Waals surface area contributed by atoms with Gasteiger partial charge < -0.3 is 24.1 Å². The van der Waals surface area contributed by atoms with Crippen molar-refractivity contribution in [2.45, 2.75) is 51.4 Å². The summed E-state index contributed by atoms with van der Waals surface area (Å²) in [6, 6.07) is 7.53. The summed E-state index contributed by atoms with van der Waals surface area (Å²) in [5, 5.41) is 9.02. The van der Waals surface area contributed by atoms with Gasteiger partial charge in [0.05, 0.1) is 17.2 Å². The number of carboxylic acid groups (broad SMARTS) is 1. The van der Waals surface area contributed by atoms with Crippen LogP contribution in [0, 0.1) is 0 Å². The standard InChI is InChI=1S/C17H24BNO5/c1-16(2)17(3,4)24-18(23-16)12-6-5-7-14(10-12)22-11-13-8-9-19(13)15(20)21/h5-7,10,13H,8-9,11H2,1-4H3,(H,20,21)/t13-/m0/s1. The van der Waals surface area contributed by atoms with Crippen LogP contribution in [-0.4, -0.2) is 53.6 Å². The smallest absolute Gasteiger partial charge is 0.491 e. The van der Waals surface area contributed by atoms with Crippen LogP contribution in [0.1, 0.15) is 34.1 Å². The Hall–Kier alpha value is -1.73. The molecule has 0 unspecified atom stereocenters. The van der Waals surface area contributed by atoms with Crippen LogP contribution in [0.25, 0.3) is 0 Å². The van der Waals surface area contributed by atoms with Crippen LogP contribution in [0.3, 0.4) is 0 Å². The average Bonchev–Trinajstić information content (AvgIpc) is 2.66. The van der Waals surface area contributed by atoms with Gasteiger partial charge in [0.15, 0.2) is 0 Å². The first kappa shape index (κ1) is 17.1. The summed E-state index contributed by atoms with van der Waals surface area (Å²) in [4.78, 5) is 12.4. The predicted octanol–water partition coefficient (Wildman–Crippen LogP) is 2.12. The number of hydrogen-bond acceptors (Lipinski definition) is 4. The molecule has 2 fully saturated rings. The molecule has 2 heterocycles. The van der Waals surface area contributed by atoms with E-state index in [1.54, 1.807) is 0 Å². The number of carbonyl (C=O) groups is 1. The molecule has 2 aliphatic rings. The van der Waals surface area contributed by atoms with E-state index < -0.39 is 13.2 Å². The summed E-state index contributed by atoms with van der Waals surface area (Å²) in [5.74, 6) is 0.694. The third-order valence-corrected chi connectivity index (χ3v) is 5.22. The monoisotopic (exact) mass is 333 g/mol. The maximum Gasteiger partial charge on any atom is 0.494 e. The first-order chi connectivity index (χ1) is 11.2. The van der Waals surface area contributed by atoms with Crippen LogP contribution in [0.4, 0.5) is 4.79 Å². The van der Waals surface area contributed by atoms with Crippen molar-refractivity contribution < 1.29 is 23.9 Å². The highest BCUT2D eigenvalue weighted by atomic mass is 16.7. The van der Waals surface area contributed by atoms with Crippen LogP contribution in [-0.2, 0) is 9.31 Å². The maximum atomic E-state index is 11.0. The molecule has 0 aliphatic carbocycles. The van der Waals surface area contributed by atoms with Gasteiger partial charge in [-0.05, 0) is 51.7 Å². The van der Waals surface area contributed by atoms with Crippen molar-refractivity contribution in [3.63, 3.8) is 0 Å². The molecule has 1 amide bonds. The number of hydrogen-bond donors (Lipinski definition) is 1. The number of rotatable bonds is 4. The normalized spacial score (nSPS) is 24.6. The zero-order valence-corrected chi connectivity index (χ0v) is 14.6. The third kappa shape index (κ3) is 3.10. The van der Waals surface area contributed by atoms with Gasteiger partial charge in [0, 0.05) is 6.54 Å². The van der Waals surface area contributed by atoms with Crippen molar-refractivity contribution in [2.75, 3.05) is 13.2 Å². The summed E-state index contributed by atoms with van der Waals surface area (Å²) in [6.45, 7) is 9.01. The largest absolute Gasteiger partial charge is 0.494 e. The van der Waals surface area contributed by atoms with E-state index in [1.807, 2.05) is 52.0 Å². The first-order valence-electron chi connectivity index (χ1n) is 8.27. The second-order valence-electron chi connectivity index (χ2n) is 7.39. The van der Waals surface area contributed by atoms with E-state index in [-0.39, 0.29) is 17.2 Å². The van der Waals surface area contributed by atoms with E-state index in [4.69, 9.17) is 19.2 Å². The first-order valence-corrected chi connectivity index (χ1v) is 8.27. The molecule has 24 heavy (non-hydrogen) atoms. The molecule has 0 aromatic heterocycles. The summed E-state index contributed by atoms with van der Waals surface area (Å²) < 4.78 is 17.9. The number of amides is 1. The minimum atomic E-state index is -0.888. The van der Waals surface area contributed by atoms with E-state index in [9.17, 15) is 4.79 Å². The lowest BCUT2D eigenvalue weighted by atomic mass is 9.79. The molecular formula is C17H24BNO5. The number of nitrogens with zero attached hydrogens (tertiary/aromatic N) is 1. The van der Waals surface area contributed by atoms with E-state index >= 15 is 0 Å². The molecule has 7 heteroatoms. The summed E-state index contributed by atoms with van der Waals surface area (Å²) in [5.41, 5.74) is 0.125. The highest BCUT2D eigenvalue weighted by Gasteiger charge is 2.51.